The summed E-state index contributed by atoms with van der Waals surface area (Å²) in [5, 5.41) is 3.68. The van der Waals surface area contributed by atoms with Gasteiger partial charge in [-0.25, -0.2) is 0 Å². The maximum absolute atomic E-state index is 12.4. The molecule has 19 heavy (non-hydrogen) atoms. The smallest absolute Gasteiger partial charge is 0.338 e. The van der Waals surface area contributed by atoms with Crippen molar-refractivity contribution in [3.8, 4) is 0 Å². The molecular formula is C11H19F3N4O. The molecule has 0 atom stereocenters. The lowest BCUT2D eigenvalue weighted by Crippen LogP contribution is -2.38. The SMILES string of the molecule is CC(C)N(Cc1nc(C(C)(C)N)no1)CC(F)(F)F. The number of rotatable bonds is 5. The Morgan fingerprint density at radius 1 is 1.32 bits per heavy atom. The molecule has 110 valence electrons. The number of hydrogen-bond donors (Lipinski definition) is 1. The van der Waals surface area contributed by atoms with E-state index < -0.39 is 18.3 Å². The van der Waals surface area contributed by atoms with Crippen molar-refractivity contribution in [2.45, 2.75) is 52.0 Å². The van der Waals surface area contributed by atoms with Crippen LogP contribution in [0.2, 0.25) is 0 Å². The van der Waals surface area contributed by atoms with Gasteiger partial charge in [0.2, 0.25) is 5.89 Å². The third-order valence-electron chi connectivity index (χ3n) is 2.50. The van der Waals surface area contributed by atoms with Crippen LogP contribution in [0.4, 0.5) is 13.2 Å². The zero-order valence-electron chi connectivity index (χ0n) is 11.5. The summed E-state index contributed by atoms with van der Waals surface area (Å²) in [5.41, 5.74) is 5.00. The molecule has 0 fully saturated rings. The van der Waals surface area contributed by atoms with Gasteiger partial charge in [0.1, 0.15) is 0 Å². The predicted molar refractivity (Wildman–Crippen MR) is 63.1 cm³/mol. The second-order valence-electron chi connectivity index (χ2n) is 5.35. The van der Waals surface area contributed by atoms with E-state index in [2.05, 4.69) is 10.1 Å². The van der Waals surface area contributed by atoms with Crippen LogP contribution in [0.5, 0.6) is 0 Å². The Balaban J connectivity index is 2.78. The Hall–Kier alpha value is -1.15. The molecule has 0 aliphatic carbocycles. The first-order chi connectivity index (χ1) is 8.49. The Morgan fingerprint density at radius 2 is 1.89 bits per heavy atom. The minimum atomic E-state index is -4.26. The van der Waals surface area contributed by atoms with Crippen LogP contribution in [0.1, 0.15) is 39.4 Å². The third-order valence-corrected chi connectivity index (χ3v) is 2.50. The Morgan fingerprint density at radius 3 is 2.26 bits per heavy atom. The van der Waals surface area contributed by atoms with E-state index >= 15 is 0 Å². The van der Waals surface area contributed by atoms with E-state index in [-0.39, 0.29) is 24.3 Å². The van der Waals surface area contributed by atoms with E-state index in [9.17, 15) is 13.2 Å². The molecule has 0 unspecified atom stereocenters. The van der Waals surface area contributed by atoms with Crippen molar-refractivity contribution in [1.82, 2.24) is 15.0 Å². The van der Waals surface area contributed by atoms with Gasteiger partial charge in [0, 0.05) is 6.04 Å². The number of alkyl halides is 3. The topological polar surface area (TPSA) is 68.2 Å². The van der Waals surface area contributed by atoms with Gasteiger partial charge in [0.25, 0.3) is 0 Å². The number of nitrogens with zero attached hydrogens (tertiary/aromatic N) is 3. The summed E-state index contributed by atoms with van der Waals surface area (Å²) in [4.78, 5) is 5.23. The van der Waals surface area contributed by atoms with Crippen LogP contribution in [0.15, 0.2) is 4.52 Å². The lowest BCUT2D eigenvalue weighted by Gasteiger charge is -2.25. The van der Waals surface area contributed by atoms with E-state index in [1.54, 1.807) is 27.7 Å². The lowest BCUT2D eigenvalue weighted by molar-refractivity contribution is -0.151. The molecule has 0 saturated heterocycles. The van der Waals surface area contributed by atoms with Crippen molar-refractivity contribution >= 4 is 0 Å². The predicted octanol–water partition coefficient (Wildman–Crippen LogP) is 2.04. The van der Waals surface area contributed by atoms with Gasteiger partial charge in [-0.1, -0.05) is 5.16 Å². The Kier molecular flexibility index (Phi) is 4.57. The summed E-state index contributed by atoms with van der Waals surface area (Å²) in [6, 6.07) is -0.289. The monoisotopic (exact) mass is 280 g/mol. The first kappa shape index (κ1) is 15.9. The first-order valence-corrected chi connectivity index (χ1v) is 5.92. The molecule has 0 aromatic carbocycles. The summed E-state index contributed by atoms with van der Waals surface area (Å²) < 4.78 is 42.2. The van der Waals surface area contributed by atoms with Crippen LogP contribution in [-0.2, 0) is 12.1 Å². The molecule has 2 N–H and O–H groups in total. The molecule has 0 bridgehead atoms. The summed E-state index contributed by atoms with van der Waals surface area (Å²) in [6.07, 6.45) is -4.26. The molecule has 0 radical (unpaired) electrons. The maximum Gasteiger partial charge on any atom is 0.401 e. The molecule has 8 heteroatoms. The average Bonchev–Trinajstić information content (AvgIpc) is 2.62. The minimum Gasteiger partial charge on any atom is -0.338 e. The Labute approximate surface area is 109 Å². The summed E-state index contributed by atoms with van der Waals surface area (Å²) in [7, 11) is 0. The fourth-order valence-electron chi connectivity index (χ4n) is 1.41. The highest BCUT2D eigenvalue weighted by Gasteiger charge is 2.33. The van der Waals surface area contributed by atoms with Gasteiger partial charge in [-0.3, -0.25) is 4.90 Å². The van der Waals surface area contributed by atoms with Gasteiger partial charge in [0.05, 0.1) is 18.6 Å². The van der Waals surface area contributed by atoms with Crippen LogP contribution in [-0.4, -0.2) is 33.8 Å². The van der Waals surface area contributed by atoms with Crippen LogP contribution in [0.3, 0.4) is 0 Å². The highest BCUT2D eigenvalue weighted by molar-refractivity contribution is 4.99. The second kappa shape index (κ2) is 5.46. The van der Waals surface area contributed by atoms with Gasteiger partial charge in [0.15, 0.2) is 5.82 Å². The van der Waals surface area contributed by atoms with Crippen LogP contribution in [0, 0.1) is 0 Å². The highest BCUT2D eigenvalue weighted by Crippen LogP contribution is 2.20. The van der Waals surface area contributed by atoms with Gasteiger partial charge in [-0.05, 0) is 27.7 Å². The lowest BCUT2D eigenvalue weighted by atomic mass is 10.1. The van der Waals surface area contributed by atoms with Gasteiger partial charge >= 0.3 is 6.18 Å². The second-order valence-corrected chi connectivity index (χ2v) is 5.35. The van der Waals surface area contributed by atoms with E-state index in [0.29, 0.717) is 0 Å². The maximum atomic E-state index is 12.4. The van der Waals surface area contributed by atoms with Crippen molar-refractivity contribution in [2.24, 2.45) is 5.73 Å². The molecule has 0 aliphatic heterocycles. The number of hydrogen-bond acceptors (Lipinski definition) is 5. The molecule has 0 amide bonds. The molecule has 5 nitrogen and oxygen atoms in total. The average molecular weight is 280 g/mol. The van der Waals surface area contributed by atoms with Crippen LogP contribution in [0.25, 0.3) is 0 Å². The zero-order chi connectivity index (χ0) is 14.8. The third kappa shape index (κ3) is 5.15. The number of aromatic nitrogens is 2. The minimum absolute atomic E-state index is 0.0553. The molecule has 1 aromatic heterocycles. The molecule has 1 heterocycles. The largest absolute Gasteiger partial charge is 0.401 e. The molecular weight excluding hydrogens is 261 g/mol. The van der Waals surface area contributed by atoms with E-state index in [4.69, 9.17) is 10.3 Å². The van der Waals surface area contributed by atoms with Crippen molar-refractivity contribution in [3.05, 3.63) is 11.7 Å². The van der Waals surface area contributed by atoms with Crippen molar-refractivity contribution in [3.63, 3.8) is 0 Å². The molecule has 0 aliphatic rings. The fourth-order valence-corrected chi connectivity index (χ4v) is 1.41. The molecule has 0 spiro atoms. The van der Waals surface area contributed by atoms with Crippen LogP contribution >= 0.6 is 0 Å². The van der Waals surface area contributed by atoms with Crippen molar-refractivity contribution in [1.29, 1.82) is 0 Å². The Bertz CT molecular complexity index is 409. The summed E-state index contributed by atoms with van der Waals surface area (Å²) in [5.74, 6) is 0.407. The molecule has 1 aromatic rings. The molecule has 1 rings (SSSR count). The normalized spacial score (nSPS) is 13.6. The van der Waals surface area contributed by atoms with Crippen molar-refractivity contribution < 1.29 is 17.7 Å². The van der Waals surface area contributed by atoms with Crippen molar-refractivity contribution in [2.75, 3.05) is 6.54 Å². The summed E-state index contributed by atoms with van der Waals surface area (Å²) in [6.45, 7) is 5.66. The van der Waals surface area contributed by atoms with Gasteiger partial charge in [-0.2, -0.15) is 18.2 Å². The van der Waals surface area contributed by atoms with E-state index in [1.165, 1.54) is 4.90 Å². The number of nitrogens with two attached hydrogens (primary N) is 1. The highest BCUT2D eigenvalue weighted by atomic mass is 19.4. The quantitative estimate of drug-likeness (QED) is 0.894. The van der Waals surface area contributed by atoms with Gasteiger partial charge < -0.3 is 10.3 Å². The fraction of sp³-hybridized carbons (Fsp3) is 0.818. The first-order valence-electron chi connectivity index (χ1n) is 5.92. The van der Waals surface area contributed by atoms with E-state index in [0.717, 1.165) is 0 Å². The standard InChI is InChI=1S/C11H19F3N4O/c1-7(2)18(6-11(12,13)14)5-8-16-9(17-19-8)10(3,4)15/h7H,5-6,15H2,1-4H3. The molecule has 0 saturated carbocycles. The zero-order valence-corrected chi connectivity index (χ0v) is 11.5. The van der Waals surface area contributed by atoms with Gasteiger partial charge in [-0.15, -0.1) is 0 Å². The number of halogens is 3. The summed E-state index contributed by atoms with van der Waals surface area (Å²) >= 11 is 0. The van der Waals surface area contributed by atoms with E-state index in [1.807, 2.05) is 0 Å². The van der Waals surface area contributed by atoms with Crippen LogP contribution < -0.4 is 5.73 Å².